The highest BCUT2D eigenvalue weighted by molar-refractivity contribution is 5.92. The summed E-state index contributed by atoms with van der Waals surface area (Å²) in [6, 6.07) is 8.02. The lowest BCUT2D eigenvalue weighted by molar-refractivity contribution is 0.0548. The fraction of sp³-hybridized carbons (Fsp3) is 0.533. The number of hydrogen-bond donors (Lipinski definition) is 1. The summed E-state index contributed by atoms with van der Waals surface area (Å²) in [6.07, 6.45) is 0.796. The van der Waals surface area contributed by atoms with Gasteiger partial charge in [-0.1, -0.05) is 18.2 Å². The summed E-state index contributed by atoms with van der Waals surface area (Å²) in [7, 11) is 0. The maximum Gasteiger partial charge on any atom is 0.324 e. The monoisotopic (exact) mass is 277 g/mol. The van der Waals surface area contributed by atoms with Crippen LogP contribution in [0.5, 0.6) is 0 Å². The fourth-order valence-corrected chi connectivity index (χ4v) is 2.36. The number of nitrogens with two attached hydrogens (primary N) is 1. The number of para-hydroxylation sites is 1. The van der Waals surface area contributed by atoms with Gasteiger partial charge in [-0.05, 0) is 31.5 Å². The van der Waals surface area contributed by atoms with E-state index in [-0.39, 0.29) is 6.03 Å². The van der Waals surface area contributed by atoms with E-state index in [0.717, 1.165) is 17.7 Å². The van der Waals surface area contributed by atoms with Crippen LogP contribution in [-0.2, 0) is 4.74 Å². The molecular weight excluding hydrogens is 254 g/mol. The molecule has 1 aromatic rings. The average molecular weight is 277 g/mol. The largest absolute Gasteiger partial charge is 0.378 e. The predicted molar refractivity (Wildman–Crippen MR) is 80.0 cm³/mol. The molecule has 0 aliphatic carbocycles. The minimum absolute atomic E-state index is 0.0519. The van der Waals surface area contributed by atoms with Gasteiger partial charge >= 0.3 is 6.03 Å². The zero-order valence-corrected chi connectivity index (χ0v) is 12.0. The normalized spacial score (nSPS) is 15.2. The van der Waals surface area contributed by atoms with Crippen molar-refractivity contribution in [2.24, 2.45) is 5.73 Å². The number of carbonyl (C=O) groups excluding carboxylic acids is 1. The molecule has 20 heavy (non-hydrogen) atoms. The van der Waals surface area contributed by atoms with Crippen LogP contribution in [0.25, 0.3) is 0 Å². The maximum absolute atomic E-state index is 12.7. The summed E-state index contributed by atoms with van der Waals surface area (Å²) >= 11 is 0. The molecule has 0 atom stereocenters. The molecule has 1 saturated heterocycles. The highest BCUT2D eigenvalue weighted by atomic mass is 16.5. The number of aryl methyl sites for hydroxylation is 1. The smallest absolute Gasteiger partial charge is 0.324 e. The minimum atomic E-state index is 0.0519. The molecule has 0 unspecified atom stereocenters. The number of ether oxygens (including phenoxy) is 1. The van der Waals surface area contributed by atoms with Crippen LogP contribution < -0.4 is 10.6 Å². The van der Waals surface area contributed by atoms with Gasteiger partial charge in [-0.2, -0.15) is 0 Å². The Morgan fingerprint density at radius 1 is 1.35 bits per heavy atom. The van der Waals surface area contributed by atoms with Gasteiger partial charge in [-0.25, -0.2) is 4.79 Å². The van der Waals surface area contributed by atoms with Gasteiger partial charge in [0.15, 0.2) is 0 Å². The highest BCUT2D eigenvalue weighted by Crippen LogP contribution is 2.21. The predicted octanol–water partition coefficient (Wildman–Crippen LogP) is 1.60. The molecule has 1 fully saturated rings. The third-order valence-electron chi connectivity index (χ3n) is 3.50. The van der Waals surface area contributed by atoms with Gasteiger partial charge in [0.1, 0.15) is 0 Å². The Labute approximate surface area is 120 Å². The molecule has 0 bridgehead atoms. The van der Waals surface area contributed by atoms with Crippen LogP contribution in [0.1, 0.15) is 12.0 Å². The van der Waals surface area contributed by atoms with Crippen LogP contribution in [0.2, 0.25) is 0 Å². The second kappa shape index (κ2) is 7.26. The van der Waals surface area contributed by atoms with E-state index in [9.17, 15) is 4.79 Å². The number of benzene rings is 1. The first-order chi connectivity index (χ1) is 9.74. The SMILES string of the molecule is Cc1ccccc1N(CCCN)C(=O)N1CCOCC1. The zero-order chi connectivity index (χ0) is 14.4. The standard InChI is InChI=1S/C15H23N3O2/c1-13-5-2-3-6-14(13)18(8-4-7-16)15(19)17-9-11-20-12-10-17/h2-3,5-6H,4,7-12,16H2,1H3. The second-order valence-electron chi connectivity index (χ2n) is 4.96. The van der Waals surface area contributed by atoms with Crippen LogP contribution in [0, 0.1) is 6.92 Å². The maximum atomic E-state index is 12.7. The van der Waals surface area contributed by atoms with E-state index in [0.29, 0.717) is 39.4 Å². The molecule has 1 aliphatic heterocycles. The van der Waals surface area contributed by atoms with Crippen molar-refractivity contribution in [1.29, 1.82) is 0 Å². The molecule has 2 rings (SSSR count). The van der Waals surface area contributed by atoms with E-state index < -0.39 is 0 Å². The summed E-state index contributed by atoms with van der Waals surface area (Å²) in [5.74, 6) is 0. The van der Waals surface area contributed by atoms with Crippen LogP contribution in [0.3, 0.4) is 0 Å². The van der Waals surface area contributed by atoms with Crippen molar-refractivity contribution in [2.45, 2.75) is 13.3 Å². The van der Waals surface area contributed by atoms with Crippen molar-refractivity contribution in [1.82, 2.24) is 4.90 Å². The average Bonchev–Trinajstić information content (AvgIpc) is 2.50. The molecule has 0 radical (unpaired) electrons. The van der Waals surface area contributed by atoms with Gasteiger partial charge in [0.25, 0.3) is 0 Å². The Balaban J connectivity index is 2.18. The summed E-state index contributed by atoms with van der Waals surface area (Å²) < 4.78 is 5.31. The summed E-state index contributed by atoms with van der Waals surface area (Å²) in [4.78, 5) is 16.4. The molecule has 0 aromatic heterocycles. The minimum Gasteiger partial charge on any atom is -0.378 e. The van der Waals surface area contributed by atoms with Crippen LogP contribution in [0.15, 0.2) is 24.3 Å². The number of urea groups is 1. The molecule has 5 nitrogen and oxygen atoms in total. The molecule has 2 amide bonds. The van der Waals surface area contributed by atoms with Gasteiger partial charge in [0, 0.05) is 25.3 Å². The fourth-order valence-electron chi connectivity index (χ4n) is 2.36. The number of nitrogens with zero attached hydrogens (tertiary/aromatic N) is 2. The Bertz CT molecular complexity index is 444. The third kappa shape index (κ3) is 3.49. The molecule has 1 aromatic carbocycles. The summed E-state index contributed by atoms with van der Waals surface area (Å²) in [6.45, 7) is 5.80. The topological polar surface area (TPSA) is 58.8 Å². The molecule has 0 spiro atoms. The van der Waals surface area contributed by atoms with Crippen molar-refractivity contribution in [3.63, 3.8) is 0 Å². The summed E-state index contributed by atoms with van der Waals surface area (Å²) in [5.41, 5.74) is 7.67. The van der Waals surface area contributed by atoms with E-state index in [4.69, 9.17) is 10.5 Å². The number of rotatable bonds is 4. The summed E-state index contributed by atoms with van der Waals surface area (Å²) in [5, 5.41) is 0. The molecule has 5 heteroatoms. The van der Waals surface area contributed by atoms with Crippen molar-refractivity contribution < 1.29 is 9.53 Å². The molecule has 2 N–H and O–H groups in total. The Hall–Kier alpha value is -1.59. The second-order valence-corrected chi connectivity index (χ2v) is 4.96. The number of carbonyl (C=O) groups is 1. The number of morpholine rings is 1. The first kappa shape index (κ1) is 14.8. The van der Waals surface area contributed by atoms with Crippen LogP contribution in [-0.4, -0.2) is 50.3 Å². The highest BCUT2D eigenvalue weighted by Gasteiger charge is 2.24. The Kier molecular flexibility index (Phi) is 5.38. The van der Waals surface area contributed by atoms with Crippen LogP contribution in [0.4, 0.5) is 10.5 Å². The molecular formula is C15H23N3O2. The first-order valence-corrected chi connectivity index (χ1v) is 7.14. The van der Waals surface area contributed by atoms with Gasteiger partial charge in [-0.3, -0.25) is 4.90 Å². The zero-order valence-electron chi connectivity index (χ0n) is 12.0. The number of anilines is 1. The lowest BCUT2D eigenvalue weighted by atomic mass is 10.2. The molecule has 1 aliphatic rings. The number of amides is 2. The van der Waals surface area contributed by atoms with Gasteiger partial charge in [0.05, 0.1) is 13.2 Å². The third-order valence-corrected chi connectivity index (χ3v) is 3.50. The van der Waals surface area contributed by atoms with Crippen molar-refractivity contribution in [2.75, 3.05) is 44.3 Å². The lowest BCUT2D eigenvalue weighted by Gasteiger charge is -2.33. The van der Waals surface area contributed by atoms with Crippen LogP contribution >= 0.6 is 0 Å². The molecule has 0 saturated carbocycles. The van der Waals surface area contributed by atoms with Crippen molar-refractivity contribution >= 4 is 11.7 Å². The van der Waals surface area contributed by atoms with E-state index in [1.54, 1.807) is 0 Å². The van der Waals surface area contributed by atoms with E-state index >= 15 is 0 Å². The Morgan fingerprint density at radius 2 is 2.05 bits per heavy atom. The van der Waals surface area contributed by atoms with E-state index in [1.807, 2.05) is 41.0 Å². The quantitative estimate of drug-likeness (QED) is 0.909. The van der Waals surface area contributed by atoms with Crippen molar-refractivity contribution in [3.05, 3.63) is 29.8 Å². The first-order valence-electron chi connectivity index (χ1n) is 7.14. The van der Waals surface area contributed by atoms with Gasteiger partial charge in [0.2, 0.25) is 0 Å². The molecule has 110 valence electrons. The van der Waals surface area contributed by atoms with E-state index in [2.05, 4.69) is 0 Å². The lowest BCUT2D eigenvalue weighted by Crippen LogP contribution is -2.49. The Morgan fingerprint density at radius 3 is 2.70 bits per heavy atom. The van der Waals surface area contributed by atoms with Gasteiger partial charge < -0.3 is 15.4 Å². The number of hydrogen-bond acceptors (Lipinski definition) is 3. The van der Waals surface area contributed by atoms with Crippen molar-refractivity contribution in [3.8, 4) is 0 Å². The van der Waals surface area contributed by atoms with E-state index in [1.165, 1.54) is 0 Å². The molecule has 1 heterocycles. The van der Waals surface area contributed by atoms with Gasteiger partial charge in [-0.15, -0.1) is 0 Å².